The fourth-order valence-corrected chi connectivity index (χ4v) is 2.05. The summed E-state index contributed by atoms with van der Waals surface area (Å²) in [5.41, 5.74) is 1.61. The molecule has 0 aliphatic rings. The van der Waals surface area contributed by atoms with Crippen LogP contribution in [0.5, 0.6) is 0 Å². The normalized spacial score (nSPS) is 10.4. The highest BCUT2D eigenvalue weighted by Crippen LogP contribution is 2.11. The lowest BCUT2D eigenvalue weighted by Gasteiger charge is -2.06. The summed E-state index contributed by atoms with van der Waals surface area (Å²) in [4.78, 5) is 34.7. The number of rotatable bonds is 6. The van der Waals surface area contributed by atoms with Gasteiger partial charge in [-0.05, 0) is 48.0 Å². The summed E-state index contributed by atoms with van der Waals surface area (Å²) in [7, 11) is 1.29. The number of hydrogen-bond donors (Lipinski definition) is 1. The second-order valence-electron chi connectivity index (χ2n) is 5.11. The third kappa shape index (κ3) is 6.07. The van der Waals surface area contributed by atoms with Gasteiger partial charge < -0.3 is 14.8 Å². The highest BCUT2D eigenvalue weighted by Gasteiger charge is 2.08. The molecular weight excluding hydrogens is 358 g/mol. The summed E-state index contributed by atoms with van der Waals surface area (Å²) in [6.07, 6.45) is 2.78. The molecule has 1 N–H and O–H groups in total. The van der Waals surface area contributed by atoms with Crippen molar-refractivity contribution in [2.24, 2.45) is 0 Å². The van der Waals surface area contributed by atoms with E-state index in [9.17, 15) is 14.4 Å². The van der Waals surface area contributed by atoms with Crippen molar-refractivity contribution in [3.63, 3.8) is 0 Å². The van der Waals surface area contributed by atoms with E-state index in [1.165, 1.54) is 25.3 Å². The zero-order valence-electron chi connectivity index (χ0n) is 13.9. The fourth-order valence-electron chi connectivity index (χ4n) is 1.93. The van der Waals surface area contributed by atoms with Crippen molar-refractivity contribution in [3.8, 4) is 0 Å². The van der Waals surface area contributed by atoms with Crippen LogP contribution >= 0.6 is 11.6 Å². The van der Waals surface area contributed by atoms with Crippen molar-refractivity contribution in [2.75, 3.05) is 19.0 Å². The number of nitrogens with one attached hydrogen (secondary N) is 1. The first kappa shape index (κ1) is 19.2. The SMILES string of the molecule is COC(=O)c1ccc(NC(=O)COC(=O)/C=C/c2ccc(Cl)cc2)cc1. The fraction of sp³-hybridized carbons (Fsp3) is 0.105. The summed E-state index contributed by atoms with van der Waals surface area (Å²) in [5, 5.41) is 3.15. The largest absolute Gasteiger partial charge is 0.465 e. The Labute approximate surface area is 155 Å². The monoisotopic (exact) mass is 373 g/mol. The van der Waals surface area contributed by atoms with Gasteiger partial charge in [0.2, 0.25) is 0 Å². The van der Waals surface area contributed by atoms with Crippen LogP contribution in [0, 0.1) is 0 Å². The predicted octanol–water partition coefficient (Wildman–Crippen LogP) is 3.32. The molecule has 1 amide bonds. The maximum Gasteiger partial charge on any atom is 0.337 e. The molecule has 0 aliphatic heterocycles. The first-order valence-electron chi connectivity index (χ1n) is 7.56. The predicted molar refractivity (Wildman–Crippen MR) is 97.9 cm³/mol. The van der Waals surface area contributed by atoms with Crippen molar-refractivity contribution in [1.82, 2.24) is 0 Å². The van der Waals surface area contributed by atoms with Crippen molar-refractivity contribution in [2.45, 2.75) is 0 Å². The lowest BCUT2D eigenvalue weighted by Crippen LogP contribution is -2.20. The third-order valence-electron chi connectivity index (χ3n) is 3.22. The molecule has 0 fully saturated rings. The Morgan fingerprint density at radius 1 is 1.04 bits per heavy atom. The molecule has 0 saturated carbocycles. The minimum absolute atomic E-state index is 0.365. The zero-order chi connectivity index (χ0) is 18.9. The quantitative estimate of drug-likeness (QED) is 0.620. The number of amides is 1. The highest BCUT2D eigenvalue weighted by molar-refractivity contribution is 6.30. The van der Waals surface area contributed by atoms with E-state index in [4.69, 9.17) is 16.3 Å². The minimum Gasteiger partial charge on any atom is -0.465 e. The molecule has 7 heteroatoms. The number of esters is 2. The molecule has 6 nitrogen and oxygen atoms in total. The van der Waals surface area contributed by atoms with E-state index in [2.05, 4.69) is 10.1 Å². The van der Waals surface area contributed by atoms with Crippen LogP contribution in [0.3, 0.4) is 0 Å². The van der Waals surface area contributed by atoms with Crippen molar-refractivity contribution >= 4 is 41.2 Å². The topological polar surface area (TPSA) is 81.7 Å². The molecule has 26 heavy (non-hydrogen) atoms. The Morgan fingerprint density at radius 2 is 1.69 bits per heavy atom. The van der Waals surface area contributed by atoms with Crippen molar-refractivity contribution in [1.29, 1.82) is 0 Å². The van der Waals surface area contributed by atoms with Gasteiger partial charge in [0.1, 0.15) is 0 Å². The number of methoxy groups -OCH3 is 1. The molecule has 0 saturated heterocycles. The second kappa shape index (κ2) is 9.39. The van der Waals surface area contributed by atoms with Gasteiger partial charge in [-0.25, -0.2) is 9.59 Å². The van der Waals surface area contributed by atoms with Gasteiger partial charge in [-0.15, -0.1) is 0 Å². The first-order chi connectivity index (χ1) is 12.5. The minimum atomic E-state index is -0.642. The Kier molecular flexibility index (Phi) is 6.93. The molecule has 0 bridgehead atoms. The lowest BCUT2D eigenvalue weighted by molar-refractivity contribution is -0.142. The standard InChI is InChI=1S/C19H16ClNO5/c1-25-19(24)14-5-9-16(10-6-14)21-17(22)12-26-18(23)11-4-13-2-7-15(20)8-3-13/h2-11H,12H2,1H3,(H,21,22)/b11-4+. The number of ether oxygens (including phenoxy) is 2. The van der Waals surface area contributed by atoms with Gasteiger partial charge in [0.05, 0.1) is 12.7 Å². The number of halogens is 1. The van der Waals surface area contributed by atoms with E-state index in [0.29, 0.717) is 16.3 Å². The first-order valence-corrected chi connectivity index (χ1v) is 7.94. The summed E-state index contributed by atoms with van der Waals surface area (Å²) in [6.45, 7) is -0.428. The van der Waals surface area contributed by atoms with Gasteiger partial charge in [0.25, 0.3) is 5.91 Å². The molecule has 0 radical (unpaired) electrons. The number of anilines is 1. The Balaban J connectivity index is 1.79. The highest BCUT2D eigenvalue weighted by atomic mass is 35.5. The van der Waals surface area contributed by atoms with Gasteiger partial charge in [0, 0.05) is 16.8 Å². The molecule has 2 aromatic carbocycles. The molecule has 0 aromatic heterocycles. The summed E-state index contributed by atoms with van der Waals surface area (Å²) >= 11 is 5.77. The van der Waals surface area contributed by atoms with E-state index in [1.54, 1.807) is 42.5 Å². The molecule has 134 valence electrons. The molecule has 0 aliphatic carbocycles. The Morgan fingerprint density at radius 3 is 2.31 bits per heavy atom. The van der Waals surface area contributed by atoms with E-state index >= 15 is 0 Å². The van der Waals surface area contributed by atoms with Crippen LogP contribution < -0.4 is 5.32 Å². The van der Waals surface area contributed by atoms with E-state index in [0.717, 1.165) is 5.56 Å². The second-order valence-corrected chi connectivity index (χ2v) is 5.55. The lowest BCUT2D eigenvalue weighted by atomic mass is 10.2. The zero-order valence-corrected chi connectivity index (χ0v) is 14.7. The molecule has 0 atom stereocenters. The van der Waals surface area contributed by atoms with Crippen LogP contribution in [0.15, 0.2) is 54.6 Å². The van der Waals surface area contributed by atoms with Gasteiger partial charge in [0.15, 0.2) is 6.61 Å². The summed E-state index contributed by atoms with van der Waals surface area (Å²) in [5.74, 6) is -1.61. The smallest absolute Gasteiger partial charge is 0.337 e. The average molecular weight is 374 g/mol. The number of carbonyl (C=O) groups is 3. The van der Waals surface area contributed by atoms with E-state index in [-0.39, 0.29) is 0 Å². The van der Waals surface area contributed by atoms with Crippen LogP contribution in [0.25, 0.3) is 6.08 Å². The average Bonchev–Trinajstić information content (AvgIpc) is 2.66. The molecule has 0 heterocycles. The number of benzene rings is 2. The van der Waals surface area contributed by atoms with Gasteiger partial charge in [-0.1, -0.05) is 23.7 Å². The van der Waals surface area contributed by atoms with Crippen molar-refractivity contribution < 1.29 is 23.9 Å². The molecular formula is C19H16ClNO5. The molecule has 0 unspecified atom stereocenters. The van der Waals surface area contributed by atoms with E-state index in [1.807, 2.05) is 0 Å². The number of carbonyl (C=O) groups excluding carboxylic acids is 3. The maximum absolute atomic E-state index is 11.8. The molecule has 2 aromatic rings. The summed E-state index contributed by atoms with van der Waals surface area (Å²) < 4.78 is 9.45. The van der Waals surface area contributed by atoms with Gasteiger partial charge >= 0.3 is 11.9 Å². The van der Waals surface area contributed by atoms with Crippen LogP contribution in [-0.2, 0) is 19.1 Å². The Hall–Kier alpha value is -3.12. The van der Waals surface area contributed by atoms with Crippen LogP contribution in [0.4, 0.5) is 5.69 Å². The van der Waals surface area contributed by atoms with Gasteiger partial charge in [-0.2, -0.15) is 0 Å². The van der Waals surface area contributed by atoms with Crippen LogP contribution in [0.2, 0.25) is 5.02 Å². The van der Waals surface area contributed by atoms with Crippen LogP contribution in [-0.4, -0.2) is 31.6 Å². The van der Waals surface area contributed by atoms with Crippen LogP contribution in [0.1, 0.15) is 15.9 Å². The van der Waals surface area contributed by atoms with Crippen molar-refractivity contribution in [3.05, 3.63) is 70.8 Å². The summed E-state index contributed by atoms with van der Waals surface area (Å²) in [6, 6.07) is 13.0. The molecule has 2 rings (SSSR count). The van der Waals surface area contributed by atoms with E-state index < -0.39 is 24.5 Å². The Bertz CT molecular complexity index is 813. The third-order valence-corrected chi connectivity index (χ3v) is 3.47. The van der Waals surface area contributed by atoms with Gasteiger partial charge in [-0.3, -0.25) is 4.79 Å². The maximum atomic E-state index is 11.8. The molecule has 0 spiro atoms. The number of hydrogen-bond acceptors (Lipinski definition) is 5.